The fourth-order valence-corrected chi connectivity index (χ4v) is 1.30. The van der Waals surface area contributed by atoms with Gasteiger partial charge in [-0.25, -0.2) is 0 Å². The SMILES string of the molecule is NC(=O)c1cccc(N)c1NCCC(F)(F)F. The molecule has 0 aliphatic heterocycles. The average molecular weight is 247 g/mol. The maximum atomic E-state index is 12.0. The van der Waals surface area contributed by atoms with Crippen LogP contribution in [0, 0.1) is 0 Å². The Hall–Kier alpha value is -1.92. The molecule has 0 spiro atoms. The van der Waals surface area contributed by atoms with Crippen LogP contribution in [0.5, 0.6) is 0 Å². The zero-order chi connectivity index (χ0) is 13.1. The quantitative estimate of drug-likeness (QED) is 0.709. The van der Waals surface area contributed by atoms with Gasteiger partial charge in [-0.1, -0.05) is 6.07 Å². The molecule has 1 amide bonds. The van der Waals surface area contributed by atoms with Gasteiger partial charge in [0.25, 0.3) is 5.91 Å². The van der Waals surface area contributed by atoms with Crippen LogP contribution in [0.15, 0.2) is 18.2 Å². The number of para-hydroxylation sites is 1. The van der Waals surface area contributed by atoms with Gasteiger partial charge in [-0.15, -0.1) is 0 Å². The summed E-state index contributed by atoms with van der Waals surface area (Å²) in [5.74, 6) is -0.744. The number of amides is 1. The summed E-state index contributed by atoms with van der Waals surface area (Å²) in [6, 6.07) is 4.38. The third kappa shape index (κ3) is 3.86. The molecule has 0 aliphatic rings. The Morgan fingerprint density at radius 1 is 1.35 bits per heavy atom. The van der Waals surface area contributed by atoms with Crippen LogP contribution in [0.3, 0.4) is 0 Å². The van der Waals surface area contributed by atoms with E-state index >= 15 is 0 Å². The fourth-order valence-electron chi connectivity index (χ4n) is 1.30. The Balaban J connectivity index is 2.79. The summed E-state index contributed by atoms with van der Waals surface area (Å²) in [6.45, 7) is -0.363. The highest BCUT2D eigenvalue weighted by Gasteiger charge is 2.26. The minimum atomic E-state index is -4.26. The molecule has 94 valence electrons. The van der Waals surface area contributed by atoms with Crippen molar-refractivity contribution < 1.29 is 18.0 Å². The first-order valence-electron chi connectivity index (χ1n) is 4.80. The van der Waals surface area contributed by atoms with Gasteiger partial charge in [0.15, 0.2) is 0 Å². The van der Waals surface area contributed by atoms with E-state index in [-0.39, 0.29) is 23.5 Å². The number of primary amides is 1. The summed E-state index contributed by atoms with van der Waals surface area (Å²) in [5.41, 5.74) is 11.0. The van der Waals surface area contributed by atoms with E-state index in [0.29, 0.717) is 0 Å². The van der Waals surface area contributed by atoms with E-state index in [2.05, 4.69) is 5.32 Å². The lowest BCUT2D eigenvalue weighted by Crippen LogP contribution is -2.19. The largest absolute Gasteiger partial charge is 0.397 e. The molecule has 0 saturated carbocycles. The van der Waals surface area contributed by atoms with Crippen molar-refractivity contribution in [1.82, 2.24) is 0 Å². The van der Waals surface area contributed by atoms with Gasteiger partial charge in [-0.2, -0.15) is 13.2 Å². The summed E-state index contributed by atoms with van der Waals surface area (Å²) in [4.78, 5) is 11.0. The molecule has 5 N–H and O–H groups in total. The van der Waals surface area contributed by atoms with Crippen LogP contribution in [0.25, 0.3) is 0 Å². The highest BCUT2D eigenvalue weighted by molar-refractivity contribution is 6.01. The van der Waals surface area contributed by atoms with Gasteiger partial charge < -0.3 is 16.8 Å². The highest BCUT2D eigenvalue weighted by Crippen LogP contribution is 2.25. The van der Waals surface area contributed by atoms with Crippen LogP contribution >= 0.6 is 0 Å². The molecule has 0 bridgehead atoms. The Morgan fingerprint density at radius 2 is 2.00 bits per heavy atom. The summed E-state index contributed by atoms with van der Waals surface area (Å²) in [7, 11) is 0. The van der Waals surface area contributed by atoms with Crippen molar-refractivity contribution in [3.8, 4) is 0 Å². The van der Waals surface area contributed by atoms with Gasteiger partial charge in [-0.3, -0.25) is 4.79 Å². The third-order valence-electron chi connectivity index (χ3n) is 2.07. The molecule has 0 atom stereocenters. The molecule has 17 heavy (non-hydrogen) atoms. The van der Waals surface area contributed by atoms with Crippen LogP contribution in [0.2, 0.25) is 0 Å². The first-order valence-corrected chi connectivity index (χ1v) is 4.80. The summed E-state index contributed by atoms with van der Waals surface area (Å²) in [5, 5.41) is 2.47. The van der Waals surface area contributed by atoms with Gasteiger partial charge in [0, 0.05) is 6.54 Å². The van der Waals surface area contributed by atoms with Gasteiger partial charge in [0.1, 0.15) is 0 Å². The standard InChI is InChI=1S/C10H12F3N3O/c11-10(12,13)4-5-16-8-6(9(15)17)2-1-3-7(8)14/h1-3,16H,4-5,14H2,(H2,15,17). The summed E-state index contributed by atoms with van der Waals surface area (Å²) in [6.07, 6.45) is -5.27. The van der Waals surface area contributed by atoms with E-state index in [9.17, 15) is 18.0 Å². The predicted octanol–water partition coefficient (Wildman–Crippen LogP) is 1.73. The molecular weight excluding hydrogens is 235 g/mol. The van der Waals surface area contributed by atoms with Crippen molar-refractivity contribution in [1.29, 1.82) is 0 Å². The first-order chi connectivity index (χ1) is 7.81. The monoisotopic (exact) mass is 247 g/mol. The van der Waals surface area contributed by atoms with Crippen molar-refractivity contribution in [3.63, 3.8) is 0 Å². The van der Waals surface area contributed by atoms with Gasteiger partial charge in [0.05, 0.1) is 23.4 Å². The number of halogens is 3. The number of carbonyl (C=O) groups is 1. The van der Waals surface area contributed by atoms with E-state index in [1.54, 1.807) is 0 Å². The van der Waals surface area contributed by atoms with Crippen molar-refractivity contribution >= 4 is 17.3 Å². The maximum Gasteiger partial charge on any atom is 0.390 e. The normalized spacial score (nSPS) is 11.2. The smallest absolute Gasteiger partial charge is 0.390 e. The van der Waals surface area contributed by atoms with Gasteiger partial charge in [-0.05, 0) is 12.1 Å². The molecule has 0 unspecified atom stereocenters. The molecule has 0 fully saturated rings. The van der Waals surface area contributed by atoms with Crippen molar-refractivity contribution in [2.24, 2.45) is 5.73 Å². The molecule has 0 radical (unpaired) electrons. The first kappa shape index (κ1) is 13.1. The van der Waals surface area contributed by atoms with E-state index in [1.165, 1.54) is 18.2 Å². The molecule has 7 heteroatoms. The van der Waals surface area contributed by atoms with Crippen LogP contribution in [0.4, 0.5) is 24.5 Å². The van der Waals surface area contributed by atoms with Gasteiger partial charge in [0.2, 0.25) is 0 Å². The number of alkyl halides is 3. The minimum Gasteiger partial charge on any atom is -0.397 e. The molecule has 1 rings (SSSR count). The molecule has 1 aromatic carbocycles. The topological polar surface area (TPSA) is 81.1 Å². The fraction of sp³-hybridized carbons (Fsp3) is 0.300. The lowest BCUT2D eigenvalue weighted by Gasteiger charge is -2.13. The number of rotatable bonds is 4. The summed E-state index contributed by atoms with van der Waals surface area (Å²) >= 11 is 0. The number of nitrogen functional groups attached to an aromatic ring is 1. The number of hydrogen-bond donors (Lipinski definition) is 3. The zero-order valence-corrected chi connectivity index (χ0v) is 8.84. The van der Waals surface area contributed by atoms with Crippen molar-refractivity contribution in [2.45, 2.75) is 12.6 Å². The van der Waals surface area contributed by atoms with Crippen molar-refractivity contribution in [2.75, 3.05) is 17.6 Å². The lowest BCUT2D eigenvalue weighted by atomic mass is 10.1. The number of nitrogens with one attached hydrogen (secondary N) is 1. The van der Waals surface area contributed by atoms with Crippen LogP contribution < -0.4 is 16.8 Å². The second kappa shape index (κ2) is 4.94. The van der Waals surface area contributed by atoms with Crippen LogP contribution in [0.1, 0.15) is 16.8 Å². The molecule has 0 aromatic heterocycles. The number of benzene rings is 1. The molecular formula is C10H12F3N3O. The maximum absolute atomic E-state index is 12.0. The van der Waals surface area contributed by atoms with E-state index in [4.69, 9.17) is 11.5 Å². The lowest BCUT2D eigenvalue weighted by molar-refractivity contribution is -0.131. The minimum absolute atomic E-state index is 0.0761. The number of carbonyl (C=O) groups excluding carboxylic acids is 1. The number of hydrogen-bond acceptors (Lipinski definition) is 3. The highest BCUT2D eigenvalue weighted by atomic mass is 19.4. The van der Waals surface area contributed by atoms with E-state index in [0.717, 1.165) is 0 Å². The molecule has 0 aliphatic carbocycles. The predicted molar refractivity (Wildman–Crippen MR) is 58.5 cm³/mol. The van der Waals surface area contributed by atoms with Crippen molar-refractivity contribution in [3.05, 3.63) is 23.8 Å². The molecule has 4 nitrogen and oxygen atoms in total. The second-order valence-electron chi connectivity index (χ2n) is 3.43. The Kier molecular flexibility index (Phi) is 3.82. The van der Waals surface area contributed by atoms with Crippen LogP contribution in [-0.4, -0.2) is 18.6 Å². The zero-order valence-electron chi connectivity index (χ0n) is 8.84. The second-order valence-corrected chi connectivity index (χ2v) is 3.43. The number of anilines is 2. The average Bonchev–Trinajstić information content (AvgIpc) is 2.18. The van der Waals surface area contributed by atoms with Gasteiger partial charge >= 0.3 is 6.18 Å². The molecule has 0 saturated heterocycles. The molecule has 1 aromatic rings. The molecule has 0 heterocycles. The Morgan fingerprint density at radius 3 is 2.53 bits per heavy atom. The Labute approximate surface area is 95.8 Å². The third-order valence-corrected chi connectivity index (χ3v) is 2.07. The van der Waals surface area contributed by atoms with E-state index < -0.39 is 18.5 Å². The Bertz CT molecular complexity index is 418. The van der Waals surface area contributed by atoms with E-state index in [1.807, 2.05) is 0 Å². The van der Waals surface area contributed by atoms with Crippen LogP contribution in [-0.2, 0) is 0 Å². The number of nitrogens with two attached hydrogens (primary N) is 2. The summed E-state index contributed by atoms with van der Waals surface area (Å²) < 4.78 is 35.9.